The van der Waals surface area contributed by atoms with E-state index in [1.165, 1.54) is 18.4 Å². The van der Waals surface area contributed by atoms with E-state index < -0.39 is 11.9 Å². The molecule has 0 saturated carbocycles. The van der Waals surface area contributed by atoms with Crippen LogP contribution in [0.2, 0.25) is 5.02 Å². The van der Waals surface area contributed by atoms with Gasteiger partial charge < -0.3 is 14.6 Å². The van der Waals surface area contributed by atoms with Gasteiger partial charge in [-0.3, -0.25) is 14.5 Å². The third-order valence-electron chi connectivity index (χ3n) is 4.45. The summed E-state index contributed by atoms with van der Waals surface area (Å²) in [6.07, 6.45) is 1.47. The van der Waals surface area contributed by atoms with Gasteiger partial charge >= 0.3 is 0 Å². The zero-order valence-electron chi connectivity index (χ0n) is 14.2. The second kappa shape index (κ2) is 7.88. The molecule has 2 amide bonds. The molecule has 8 heteroatoms. The molecule has 0 unspecified atom stereocenters. The molecular weight excluding hydrogens is 361 g/mol. The van der Waals surface area contributed by atoms with E-state index in [-0.39, 0.29) is 16.8 Å². The van der Waals surface area contributed by atoms with Crippen molar-refractivity contribution in [1.29, 1.82) is 0 Å². The topological polar surface area (TPSA) is 65.8 Å². The van der Waals surface area contributed by atoms with Crippen LogP contribution >= 0.6 is 11.6 Å². The van der Waals surface area contributed by atoms with Crippen molar-refractivity contribution < 1.29 is 18.4 Å². The highest BCUT2D eigenvalue weighted by Crippen LogP contribution is 2.23. The number of hydrogen-bond donors (Lipinski definition) is 1. The van der Waals surface area contributed by atoms with Crippen molar-refractivity contribution in [1.82, 2.24) is 9.80 Å². The summed E-state index contributed by atoms with van der Waals surface area (Å²) in [6, 6.07) is 6.74. The van der Waals surface area contributed by atoms with Crippen LogP contribution in [0.5, 0.6) is 0 Å². The first kappa shape index (κ1) is 18.4. The molecule has 1 N–H and O–H groups in total. The maximum Gasteiger partial charge on any atom is 0.289 e. The van der Waals surface area contributed by atoms with Gasteiger partial charge in [-0.05, 0) is 37.3 Å². The van der Waals surface area contributed by atoms with Crippen molar-refractivity contribution in [3.05, 3.63) is 53.2 Å². The number of rotatable bonds is 4. The Labute approximate surface area is 155 Å². The van der Waals surface area contributed by atoms with Gasteiger partial charge in [0.05, 0.1) is 23.0 Å². The smallest absolute Gasteiger partial charge is 0.289 e. The molecule has 1 fully saturated rings. The SMILES string of the molecule is C[C@H](C(=O)Nc1ccc(F)cc1Cl)N1CCN(C(=O)c2ccco2)CC1. The minimum atomic E-state index is -0.460. The van der Waals surface area contributed by atoms with Crippen LogP contribution in [0.15, 0.2) is 41.0 Å². The van der Waals surface area contributed by atoms with Crippen LogP contribution in [0.1, 0.15) is 17.5 Å². The molecule has 2 heterocycles. The average Bonchev–Trinajstić information content (AvgIpc) is 3.17. The van der Waals surface area contributed by atoms with Gasteiger partial charge in [0.25, 0.3) is 5.91 Å². The molecule has 1 aromatic heterocycles. The third-order valence-corrected chi connectivity index (χ3v) is 4.76. The van der Waals surface area contributed by atoms with E-state index in [2.05, 4.69) is 5.32 Å². The minimum absolute atomic E-state index is 0.148. The zero-order valence-corrected chi connectivity index (χ0v) is 15.0. The molecule has 6 nitrogen and oxygen atoms in total. The molecule has 1 aliphatic rings. The lowest BCUT2D eigenvalue weighted by Crippen LogP contribution is -2.54. The summed E-state index contributed by atoms with van der Waals surface area (Å²) in [5.74, 6) is -0.525. The maximum absolute atomic E-state index is 13.1. The Hall–Kier alpha value is -2.38. The molecular formula is C18H19ClFN3O3. The molecule has 1 aromatic carbocycles. The molecule has 26 heavy (non-hydrogen) atoms. The monoisotopic (exact) mass is 379 g/mol. The second-order valence-electron chi connectivity index (χ2n) is 6.09. The molecule has 0 radical (unpaired) electrons. The van der Waals surface area contributed by atoms with E-state index in [0.717, 1.165) is 6.07 Å². The number of halogens is 2. The van der Waals surface area contributed by atoms with Gasteiger partial charge in [-0.25, -0.2) is 4.39 Å². The van der Waals surface area contributed by atoms with Gasteiger partial charge in [0, 0.05) is 26.2 Å². The molecule has 1 saturated heterocycles. The summed E-state index contributed by atoms with van der Waals surface area (Å²) in [5, 5.41) is 2.87. The molecule has 1 atom stereocenters. The van der Waals surface area contributed by atoms with Gasteiger partial charge in [0.15, 0.2) is 5.76 Å². The summed E-state index contributed by atoms with van der Waals surface area (Å²) in [6.45, 7) is 3.94. The van der Waals surface area contributed by atoms with Gasteiger partial charge in [0.1, 0.15) is 5.82 Å². The Kier molecular flexibility index (Phi) is 5.58. The van der Waals surface area contributed by atoms with Crippen molar-refractivity contribution in [2.45, 2.75) is 13.0 Å². The van der Waals surface area contributed by atoms with Gasteiger partial charge in [-0.2, -0.15) is 0 Å². The van der Waals surface area contributed by atoms with E-state index in [4.69, 9.17) is 16.0 Å². The number of amides is 2. The fourth-order valence-corrected chi connectivity index (χ4v) is 3.08. The number of nitrogens with zero attached hydrogens (tertiary/aromatic N) is 2. The van der Waals surface area contributed by atoms with E-state index >= 15 is 0 Å². The first-order valence-corrected chi connectivity index (χ1v) is 8.66. The normalized spacial score (nSPS) is 16.3. The van der Waals surface area contributed by atoms with E-state index in [9.17, 15) is 14.0 Å². The van der Waals surface area contributed by atoms with Crippen LogP contribution in [0.3, 0.4) is 0 Å². The third kappa shape index (κ3) is 4.05. The summed E-state index contributed by atoms with van der Waals surface area (Å²) >= 11 is 5.95. The van der Waals surface area contributed by atoms with Gasteiger partial charge in [-0.15, -0.1) is 0 Å². The molecule has 2 aromatic rings. The molecule has 138 valence electrons. The lowest BCUT2D eigenvalue weighted by atomic mass is 10.2. The van der Waals surface area contributed by atoms with Crippen LogP contribution in [0, 0.1) is 5.82 Å². The molecule has 0 aliphatic carbocycles. The summed E-state index contributed by atoms with van der Waals surface area (Å²) in [4.78, 5) is 28.4. The Bertz CT molecular complexity index is 789. The van der Waals surface area contributed by atoms with E-state index in [0.29, 0.717) is 37.6 Å². The largest absolute Gasteiger partial charge is 0.459 e. The molecule has 0 bridgehead atoms. The highest BCUT2D eigenvalue weighted by Gasteiger charge is 2.28. The standard InChI is InChI=1S/C18H19ClFN3O3/c1-12(17(24)21-15-5-4-13(20)11-14(15)19)22-6-8-23(9-7-22)18(25)16-3-2-10-26-16/h2-5,10-12H,6-9H2,1H3,(H,21,24)/t12-/m1/s1. The van der Waals surface area contributed by atoms with Crippen LogP contribution in [0.4, 0.5) is 10.1 Å². The van der Waals surface area contributed by atoms with E-state index in [1.807, 2.05) is 4.90 Å². The van der Waals surface area contributed by atoms with Crippen molar-refractivity contribution in [2.75, 3.05) is 31.5 Å². The fourth-order valence-electron chi connectivity index (χ4n) is 2.86. The maximum atomic E-state index is 13.1. The number of furan rings is 1. The molecule has 0 spiro atoms. The first-order valence-electron chi connectivity index (χ1n) is 8.28. The highest BCUT2D eigenvalue weighted by molar-refractivity contribution is 6.33. The van der Waals surface area contributed by atoms with Crippen LogP contribution in [-0.2, 0) is 4.79 Å². The van der Waals surface area contributed by atoms with Crippen LogP contribution in [0.25, 0.3) is 0 Å². The lowest BCUT2D eigenvalue weighted by molar-refractivity contribution is -0.121. The second-order valence-corrected chi connectivity index (χ2v) is 6.50. The quantitative estimate of drug-likeness (QED) is 0.887. The number of hydrogen-bond acceptors (Lipinski definition) is 4. The Morgan fingerprint density at radius 1 is 1.23 bits per heavy atom. The van der Waals surface area contributed by atoms with Crippen molar-refractivity contribution in [2.24, 2.45) is 0 Å². The summed E-state index contributed by atoms with van der Waals surface area (Å²) in [5.41, 5.74) is 0.372. The minimum Gasteiger partial charge on any atom is -0.459 e. The zero-order chi connectivity index (χ0) is 18.7. The van der Waals surface area contributed by atoms with Crippen LogP contribution < -0.4 is 5.32 Å². The average molecular weight is 380 g/mol. The number of piperazine rings is 1. The Balaban J connectivity index is 1.55. The molecule has 1 aliphatic heterocycles. The number of carbonyl (C=O) groups is 2. The number of anilines is 1. The highest BCUT2D eigenvalue weighted by atomic mass is 35.5. The molecule has 3 rings (SSSR count). The lowest BCUT2D eigenvalue weighted by Gasteiger charge is -2.37. The van der Waals surface area contributed by atoms with E-state index in [1.54, 1.807) is 24.0 Å². The van der Waals surface area contributed by atoms with Crippen molar-refractivity contribution in [3.8, 4) is 0 Å². The first-order chi connectivity index (χ1) is 12.5. The number of carbonyl (C=O) groups excluding carboxylic acids is 2. The summed E-state index contributed by atoms with van der Waals surface area (Å²) < 4.78 is 18.2. The van der Waals surface area contributed by atoms with Crippen molar-refractivity contribution in [3.63, 3.8) is 0 Å². The van der Waals surface area contributed by atoms with Crippen molar-refractivity contribution >= 4 is 29.1 Å². The van der Waals surface area contributed by atoms with Gasteiger partial charge in [-0.1, -0.05) is 11.6 Å². The number of nitrogens with one attached hydrogen (secondary N) is 1. The Morgan fingerprint density at radius 2 is 1.96 bits per heavy atom. The number of benzene rings is 1. The predicted octanol–water partition coefficient (Wildman–Crippen LogP) is 2.86. The van der Waals surface area contributed by atoms with Gasteiger partial charge in [0.2, 0.25) is 5.91 Å². The fraction of sp³-hybridized carbons (Fsp3) is 0.333. The summed E-state index contributed by atoms with van der Waals surface area (Å²) in [7, 11) is 0. The van der Waals surface area contributed by atoms with Crippen LogP contribution in [-0.4, -0.2) is 53.8 Å². The predicted molar refractivity (Wildman–Crippen MR) is 95.7 cm³/mol. The Morgan fingerprint density at radius 3 is 2.58 bits per heavy atom.